The zero-order chi connectivity index (χ0) is 20.1. The molecule has 0 saturated heterocycles. The predicted octanol–water partition coefficient (Wildman–Crippen LogP) is 8.62. The van der Waals surface area contributed by atoms with Crippen LogP contribution in [0.1, 0.15) is 42.5 Å². The maximum atomic E-state index is 6.22. The maximum Gasteiger partial charge on any atom is 0.0915 e. The molecular weight excluding hydrogens is 433 g/mol. The van der Waals surface area contributed by atoms with Crippen molar-refractivity contribution in [3.05, 3.63) is 116 Å². The first-order chi connectivity index (χ1) is 14.2. The van der Waals surface area contributed by atoms with Gasteiger partial charge in [-0.3, -0.25) is 0 Å². The molecule has 2 aromatic heterocycles. The van der Waals surface area contributed by atoms with Crippen LogP contribution >= 0.6 is 46.8 Å². The van der Waals surface area contributed by atoms with E-state index in [0.717, 1.165) is 0 Å². The zero-order valence-electron chi connectivity index (χ0n) is 16.3. The summed E-state index contributed by atoms with van der Waals surface area (Å²) in [7, 11) is 0. The molecule has 0 radical (unpaired) electrons. The highest BCUT2D eigenvalue weighted by Crippen LogP contribution is 2.46. The minimum atomic E-state index is 0.171. The lowest BCUT2D eigenvalue weighted by atomic mass is 10.1. The average molecular weight is 455 g/mol. The first kappa shape index (κ1) is 20.8. The van der Waals surface area contributed by atoms with Gasteiger partial charge in [-0.05, 0) is 47.9 Å². The number of hydrogen-bond acceptors (Lipinski definition) is 5. The van der Waals surface area contributed by atoms with E-state index in [1.54, 1.807) is 22.7 Å². The second-order valence-electron chi connectivity index (χ2n) is 6.87. The van der Waals surface area contributed by atoms with Gasteiger partial charge in [0, 0.05) is 33.8 Å². The lowest BCUT2D eigenvalue weighted by Gasteiger charge is -2.18. The van der Waals surface area contributed by atoms with Gasteiger partial charge < -0.3 is 0 Å². The van der Waals surface area contributed by atoms with E-state index in [4.69, 9.17) is 3.63 Å². The number of benzene rings is 2. The van der Waals surface area contributed by atoms with Gasteiger partial charge in [-0.2, -0.15) is 0 Å². The number of thiophene rings is 2. The van der Waals surface area contributed by atoms with E-state index in [9.17, 15) is 0 Å². The molecule has 0 aliphatic rings. The van der Waals surface area contributed by atoms with Gasteiger partial charge in [0.05, 0.1) is 10.5 Å². The SMILES string of the molecule is Cc1ccc(C(SOSC(c2ccc(C)cc2)c2cccs2)c2cccs2)cc1. The minimum absolute atomic E-state index is 0.171. The van der Waals surface area contributed by atoms with E-state index in [0.29, 0.717) is 0 Å². The molecule has 4 rings (SSSR count). The number of aryl methyl sites for hydroxylation is 2. The Morgan fingerprint density at radius 2 is 1.03 bits per heavy atom. The van der Waals surface area contributed by atoms with E-state index in [1.165, 1.54) is 56.1 Å². The van der Waals surface area contributed by atoms with Crippen LogP contribution in [-0.4, -0.2) is 0 Å². The Balaban J connectivity index is 1.51. The van der Waals surface area contributed by atoms with Crippen molar-refractivity contribution in [1.29, 1.82) is 0 Å². The fourth-order valence-electron chi connectivity index (χ4n) is 3.00. The van der Waals surface area contributed by atoms with Gasteiger partial charge in [0.1, 0.15) is 0 Å². The first-order valence-corrected chi connectivity index (χ1v) is 12.8. The Morgan fingerprint density at radius 1 is 0.621 bits per heavy atom. The summed E-state index contributed by atoms with van der Waals surface area (Å²) < 4.78 is 6.22. The van der Waals surface area contributed by atoms with Crippen molar-refractivity contribution in [1.82, 2.24) is 0 Å². The quantitative estimate of drug-likeness (QED) is 0.247. The molecule has 0 saturated carbocycles. The molecule has 2 unspecified atom stereocenters. The summed E-state index contributed by atoms with van der Waals surface area (Å²) in [5.74, 6) is 0. The number of hydrogen-bond donors (Lipinski definition) is 0. The van der Waals surface area contributed by atoms with Crippen molar-refractivity contribution in [2.75, 3.05) is 0 Å². The van der Waals surface area contributed by atoms with Crippen molar-refractivity contribution < 1.29 is 3.63 Å². The zero-order valence-corrected chi connectivity index (χ0v) is 19.5. The van der Waals surface area contributed by atoms with Crippen molar-refractivity contribution in [2.45, 2.75) is 24.3 Å². The monoisotopic (exact) mass is 454 g/mol. The summed E-state index contributed by atoms with van der Waals surface area (Å²) in [6, 6.07) is 26.1. The molecule has 0 bridgehead atoms. The Labute approximate surface area is 189 Å². The molecule has 0 N–H and O–H groups in total. The molecule has 4 aromatic rings. The summed E-state index contributed by atoms with van der Waals surface area (Å²) in [4.78, 5) is 2.62. The number of rotatable bonds is 8. The van der Waals surface area contributed by atoms with Gasteiger partial charge in [-0.1, -0.05) is 71.8 Å². The minimum Gasteiger partial charge on any atom is -0.245 e. The van der Waals surface area contributed by atoms with Crippen LogP contribution in [0.5, 0.6) is 0 Å². The molecule has 0 aliphatic carbocycles. The van der Waals surface area contributed by atoms with Crippen LogP contribution in [-0.2, 0) is 3.63 Å². The summed E-state index contributed by atoms with van der Waals surface area (Å²) >= 11 is 6.63. The fraction of sp³-hybridized carbons (Fsp3) is 0.167. The smallest absolute Gasteiger partial charge is 0.0915 e. The van der Waals surface area contributed by atoms with Gasteiger partial charge in [0.25, 0.3) is 0 Å². The third-order valence-electron chi connectivity index (χ3n) is 4.63. The molecular formula is C24H22OS4. The molecule has 1 nitrogen and oxygen atoms in total. The van der Waals surface area contributed by atoms with Crippen LogP contribution < -0.4 is 0 Å². The largest absolute Gasteiger partial charge is 0.245 e. The molecule has 0 spiro atoms. The van der Waals surface area contributed by atoms with E-state index in [-0.39, 0.29) is 10.5 Å². The standard InChI is InChI=1S/C24H22OS4/c1-17-7-11-19(12-8-17)23(21-5-3-15-26-21)28-25-29-24(22-6-4-16-27-22)20-13-9-18(2)10-14-20/h3-16,23-24H,1-2H3. The van der Waals surface area contributed by atoms with Crippen molar-refractivity contribution in [3.63, 3.8) is 0 Å². The molecule has 2 aromatic carbocycles. The van der Waals surface area contributed by atoms with Crippen LogP contribution in [0.25, 0.3) is 0 Å². The van der Waals surface area contributed by atoms with Crippen LogP contribution in [0.3, 0.4) is 0 Å². The normalized spacial score (nSPS) is 13.3. The Morgan fingerprint density at radius 3 is 1.38 bits per heavy atom. The van der Waals surface area contributed by atoms with Gasteiger partial charge in [0.15, 0.2) is 0 Å². The van der Waals surface area contributed by atoms with Crippen molar-refractivity contribution >= 4 is 46.8 Å². The summed E-state index contributed by atoms with van der Waals surface area (Å²) in [6.45, 7) is 4.24. The molecule has 148 valence electrons. The van der Waals surface area contributed by atoms with Crippen LogP contribution in [0, 0.1) is 13.8 Å². The Hall–Kier alpha value is -1.50. The molecule has 2 heterocycles. The highest BCUT2D eigenvalue weighted by molar-refractivity contribution is 8.08. The van der Waals surface area contributed by atoms with Crippen molar-refractivity contribution in [3.8, 4) is 0 Å². The Kier molecular flexibility index (Phi) is 7.16. The average Bonchev–Trinajstić information content (AvgIpc) is 3.44. The first-order valence-electron chi connectivity index (χ1n) is 9.39. The molecule has 0 amide bonds. The molecule has 29 heavy (non-hydrogen) atoms. The van der Waals surface area contributed by atoms with E-state index < -0.39 is 0 Å². The second-order valence-corrected chi connectivity index (χ2v) is 10.7. The Bertz CT molecular complexity index is 906. The van der Waals surface area contributed by atoms with Gasteiger partial charge in [-0.15, -0.1) is 22.7 Å². The molecule has 2 atom stereocenters. The summed E-state index contributed by atoms with van der Waals surface area (Å²) in [5, 5.41) is 4.60. The van der Waals surface area contributed by atoms with Gasteiger partial charge in [-0.25, -0.2) is 3.63 Å². The fourth-order valence-corrected chi connectivity index (χ4v) is 6.72. The second kappa shape index (κ2) is 10.0. The van der Waals surface area contributed by atoms with Gasteiger partial charge in [0.2, 0.25) is 0 Å². The predicted molar refractivity (Wildman–Crippen MR) is 131 cm³/mol. The van der Waals surface area contributed by atoms with Crippen LogP contribution in [0.4, 0.5) is 0 Å². The lowest BCUT2D eigenvalue weighted by molar-refractivity contribution is 0.741. The van der Waals surface area contributed by atoms with E-state index >= 15 is 0 Å². The summed E-state index contributed by atoms with van der Waals surface area (Å²) in [5.41, 5.74) is 5.09. The highest BCUT2D eigenvalue weighted by Gasteiger charge is 2.21. The van der Waals surface area contributed by atoms with Crippen LogP contribution in [0.2, 0.25) is 0 Å². The topological polar surface area (TPSA) is 9.23 Å². The van der Waals surface area contributed by atoms with Gasteiger partial charge >= 0.3 is 0 Å². The third-order valence-corrected chi connectivity index (χ3v) is 8.87. The van der Waals surface area contributed by atoms with E-state index in [2.05, 4.69) is 97.4 Å². The highest BCUT2D eigenvalue weighted by atomic mass is 32.2. The third kappa shape index (κ3) is 5.36. The van der Waals surface area contributed by atoms with Crippen LogP contribution in [0.15, 0.2) is 83.6 Å². The maximum absolute atomic E-state index is 6.22. The molecule has 5 heteroatoms. The van der Waals surface area contributed by atoms with E-state index in [1.807, 2.05) is 0 Å². The summed E-state index contributed by atoms with van der Waals surface area (Å²) in [6.07, 6.45) is 0. The lowest BCUT2D eigenvalue weighted by Crippen LogP contribution is -1.97. The van der Waals surface area contributed by atoms with Crippen molar-refractivity contribution in [2.24, 2.45) is 0 Å². The molecule has 0 fully saturated rings. The molecule has 0 aliphatic heterocycles.